The molecule has 28 heavy (non-hydrogen) atoms. The van der Waals surface area contributed by atoms with Gasteiger partial charge in [0.1, 0.15) is 0 Å². The lowest BCUT2D eigenvalue weighted by atomic mass is 9.99. The smallest absolute Gasteiger partial charge is 0.409 e. The third kappa shape index (κ3) is 3.68. The van der Waals surface area contributed by atoms with Crippen molar-refractivity contribution in [3.8, 4) is 11.1 Å². The fraction of sp³-hybridized carbons (Fsp3) is 0.300. The van der Waals surface area contributed by atoms with E-state index in [2.05, 4.69) is 5.32 Å². The quantitative estimate of drug-likeness (QED) is 0.781. The maximum Gasteiger partial charge on any atom is 0.409 e. The first-order valence-electron chi connectivity index (χ1n) is 8.79. The maximum absolute atomic E-state index is 12.3. The van der Waals surface area contributed by atoms with Crippen LogP contribution in [0.2, 0.25) is 10.0 Å². The third-order valence-corrected chi connectivity index (χ3v) is 5.72. The van der Waals surface area contributed by atoms with Gasteiger partial charge in [0.15, 0.2) is 11.4 Å². The first kappa shape index (κ1) is 20.5. The molecule has 0 spiro atoms. The Hall–Kier alpha value is -2.28. The van der Waals surface area contributed by atoms with Crippen LogP contribution in [0.3, 0.4) is 0 Å². The molecule has 0 bridgehead atoms. The van der Waals surface area contributed by atoms with Gasteiger partial charge in [0.2, 0.25) is 0 Å². The second-order valence-electron chi connectivity index (χ2n) is 6.69. The van der Waals surface area contributed by atoms with Crippen molar-refractivity contribution in [1.82, 2.24) is 10.2 Å². The second kappa shape index (κ2) is 7.99. The molecule has 1 fully saturated rings. The van der Waals surface area contributed by atoms with Crippen LogP contribution in [0, 0.1) is 0 Å². The van der Waals surface area contributed by atoms with E-state index in [0.717, 1.165) is 16.8 Å². The van der Waals surface area contributed by atoms with Crippen LogP contribution in [0.25, 0.3) is 11.1 Å². The molecule has 148 valence electrons. The SMILES string of the molecule is CNC1(C(C)=O)CN(c2ccc(-c3ccc(Cl)cc3Cl)cc2)CCN1C(=O)O. The van der Waals surface area contributed by atoms with Crippen LogP contribution in [0.1, 0.15) is 6.92 Å². The van der Waals surface area contributed by atoms with Gasteiger partial charge in [0.25, 0.3) is 0 Å². The van der Waals surface area contributed by atoms with E-state index >= 15 is 0 Å². The summed E-state index contributed by atoms with van der Waals surface area (Å²) in [4.78, 5) is 27.1. The third-order valence-electron chi connectivity index (χ3n) is 5.18. The molecule has 0 aliphatic carbocycles. The first-order valence-corrected chi connectivity index (χ1v) is 9.55. The number of carbonyl (C=O) groups is 2. The van der Waals surface area contributed by atoms with Crippen molar-refractivity contribution < 1.29 is 14.7 Å². The van der Waals surface area contributed by atoms with Gasteiger partial charge in [0, 0.05) is 34.4 Å². The van der Waals surface area contributed by atoms with Crippen molar-refractivity contribution in [2.45, 2.75) is 12.6 Å². The van der Waals surface area contributed by atoms with Crippen molar-refractivity contribution in [2.75, 3.05) is 31.6 Å². The summed E-state index contributed by atoms with van der Waals surface area (Å²) in [6, 6.07) is 13.1. The molecule has 2 N–H and O–H groups in total. The first-order chi connectivity index (χ1) is 13.3. The summed E-state index contributed by atoms with van der Waals surface area (Å²) in [6.45, 7) is 2.35. The summed E-state index contributed by atoms with van der Waals surface area (Å²) in [7, 11) is 1.60. The summed E-state index contributed by atoms with van der Waals surface area (Å²) >= 11 is 12.2. The molecule has 0 aromatic heterocycles. The molecule has 1 atom stereocenters. The second-order valence-corrected chi connectivity index (χ2v) is 7.54. The normalized spacial score (nSPS) is 19.6. The van der Waals surface area contributed by atoms with Crippen molar-refractivity contribution in [3.63, 3.8) is 0 Å². The highest BCUT2D eigenvalue weighted by Crippen LogP contribution is 2.32. The highest BCUT2D eigenvalue weighted by Gasteiger charge is 2.47. The lowest BCUT2D eigenvalue weighted by Gasteiger charge is -2.48. The van der Waals surface area contributed by atoms with Crippen LogP contribution in [-0.2, 0) is 4.79 Å². The van der Waals surface area contributed by atoms with Crippen LogP contribution < -0.4 is 10.2 Å². The number of likely N-dealkylation sites (N-methyl/N-ethyl adjacent to an activating group) is 1. The Balaban J connectivity index is 1.88. The van der Waals surface area contributed by atoms with Crippen LogP contribution in [0.15, 0.2) is 42.5 Å². The molecule has 3 rings (SSSR count). The molecule has 1 aliphatic heterocycles. The van der Waals surface area contributed by atoms with Crippen LogP contribution >= 0.6 is 23.2 Å². The largest absolute Gasteiger partial charge is 0.465 e. The molecular weight excluding hydrogens is 401 g/mol. The number of piperazine rings is 1. The number of carboxylic acid groups (broad SMARTS) is 1. The monoisotopic (exact) mass is 421 g/mol. The Labute approximate surface area is 173 Å². The molecule has 0 radical (unpaired) electrons. The fourth-order valence-corrected chi connectivity index (χ4v) is 4.12. The fourth-order valence-electron chi connectivity index (χ4n) is 3.60. The van der Waals surface area contributed by atoms with Crippen LogP contribution in [0.5, 0.6) is 0 Å². The van der Waals surface area contributed by atoms with E-state index in [1.54, 1.807) is 19.2 Å². The number of carbonyl (C=O) groups excluding carboxylic acids is 1. The number of amides is 1. The zero-order valence-corrected chi connectivity index (χ0v) is 17.1. The van der Waals surface area contributed by atoms with E-state index in [4.69, 9.17) is 23.2 Å². The van der Waals surface area contributed by atoms with E-state index in [1.807, 2.05) is 35.2 Å². The van der Waals surface area contributed by atoms with Gasteiger partial charge >= 0.3 is 6.09 Å². The lowest BCUT2D eigenvalue weighted by molar-refractivity contribution is -0.130. The lowest BCUT2D eigenvalue weighted by Crippen LogP contribution is -2.73. The number of rotatable bonds is 4. The highest BCUT2D eigenvalue weighted by atomic mass is 35.5. The minimum atomic E-state index is -1.28. The standard InChI is InChI=1S/C20H21Cl2N3O3/c1-13(26)20(23-2)12-24(9-10-25(20)19(27)28)16-6-3-14(4-7-16)17-8-5-15(21)11-18(17)22/h3-8,11,23H,9-10,12H2,1-2H3,(H,27,28). The van der Waals surface area contributed by atoms with E-state index in [0.29, 0.717) is 16.6 Å². The number of nitrogens with one attached hydrogen (secondary N) is 1. The Morgan fingerprint density at radius 1 is 1.11 bits per heavy atom. The minimum absolute atomic E-state index is 0.223. The molecule has 1 heterocycles. The van der Waals surface area contributed by atoms with Gasteiger partial charge in [-0.1, -0.05) is 41.4 Å². The average molecular weight is 422 g/mol. The number of hydrogen-bond donors (Lipinski definition) is 2. The Morgan fingerprint density at radius 2 is 1.79 bits per heavy atom. The van der Waals surface area contributed by atoms with Gasteiger partial charge in [-0.05, 0) is 43.8 Å². The van der Waals surface area contributed by atoms with Gasteiger partial charge in [-0.25, -0.2) is 4.79 Å². The summed E-state index contributed by atoms with van der Waals surface area (Å²) in [6.07, 6.45) is -1.11. The van der Waals surface area contributed by atoms with Crippen molar-refractivity contribution in [1.29, 1.82) is 0 Å². The summed E-state index contributed by atoms with van der Waals surface area (Å²) in [5.74, 6) is -0.244. The predicted octanol–water partition coefficient (Wildman–Crippen LogP) is 3.97. The van der Waals surface area contributed by atoms with E-state index in [-0.39, 0.29) is 18.9 Å². The number of Topliss-reactive ketones (excluding diaryl/α,β-unsaturated/α-hetero) is 1. The zero-order chi connectivity index (χ0) is 20.5. The van der Waals surface area contributed by atoms with Crippen molar-refractivity contribution in [3.05, 3.63) is 52.5 Å². The van der Waals surface area contributed by atoms with Gasteiger partial charge in [0.05, 0.1) is 6.54 Å². The van der Waals surface area contributed by atoms with E-state index < -0.39 is 11.8 Å². The topological polar surface area (TPSA) is 72.9 Å². The molecule has 1 amide bonds. The van der Waals surface area contributed by atoms with Crippen LogP contribution in [-0.4, -0.2) is 54.2 Å². The molecule has 6 nitrogen and oxygen atoms in total. The van der Waals surface area contributed by atoms with Crippen molar-refractivity contribution >= 4 is 40.8 Å². The molecule has 2 aromatic carbocycles. The van der Waals surface area contributed by atoms with Crippen LogP contribution in [0.4, 0.5) is 10.5 Å². The van der Waals surface area contributed by atoms with Gasteiger partial charge in [-0.2, -0.15) is 0 Å². The Bertz CT molecular complexity index is 904. The number of benzene rings is 2. The Morgan fingerprint density at radius 3 is 2.32 bits per heavy atom. The molecular formula is C20H21Cl2N3O3. The number of ketones is 1. The molecule has 2 aromatic rings. The molecule has 8 heteroatoms. The molecule has 0 saturated carbocycles. The Kier molecular flexibility index (Phi) is 5.84. The van der Waals surface area contributed by atoms with E-state index in [9.17, 15) is 14.7 Å². The maximum atomic E-state index is 12.3. The van der Waals surface area contributed by atoms with Crippen molar-refractivity contribution in [2.24, 2.45) is 0 Å². The van der Waals surface area contributed by atoms with Gasteiger partial charge in [-0.3, -0.25) is 15.0 Å². The van der Waals surface area contributed by atoms with Gasteiger partial charge < -0.3 is 10.0 Å². The molecule has 1 aliphatic rings. The number of hydrogen-bond acceptors (Lipinski definition) is 4. The highest BCUT2D eigenvalue weighted by molar-refractivity contribution is 6.36. The van der Waals surface area contributed by atoms with E-state index in [1.165, 1.54) is 11.8 Å². The predicted molar refractivity (Wildman–Crippen MR) is 111 cm³/mol. The summed E-state index contributed by atoms with van der Waals surface area (Å²) in [5, 5.41) is 13.6. The zero-order valence-electron chi connectivity index (χ0n) is 15.6. The molecule has 1 unspecified atom stereocenters. The molecule has 1 saturated heterocycles. The summed E-state index contributed by atoms with van der Waals surface area (Å²) < 4.78 is 0. The number of halogens is 2. The number of anilines is 1. The van der Waals surface area contributed by atoms with Gasteiger partial charge in [-0.15, -0.1) is 0 Å². The summed E-state index contributed by atoms with van der Waals surface area (Å²) in [5.41, 5.74) is 1.45. The number of nitrogens with zero attached hydrogens (tertiary/aromatic N) is 2. The average Bonchev–Trinajstić information content (AvgIpc) is 2.67. The minimum Gasteiger partial charge on any atom is -0.465 e.